The Morgan fingerprint density at radius 1 is 1.36 bits per heavy atom. The number of nitrogens with zero attached hydrogens (tertiary/aromatic N) is 2. The normalized spacial score (nSPS) is 15.4. The number of allylic oxidation sites excluding steroid dienone is 1. The molecule has 2 aromatic carbocycles. The van der Waals surface area contributed by atoms with E-state index in [0.29, 0.717) is 23.4 Å². The average molecular weight is 468 g/mol. The zero-order chi connectivity index (χ0) is 24.0. The first-order valence-corrected chi connectivity index (χ1v) is 10.9. The molecule has 2 aromatic rings. The first-order chi connectivity index (χ1) is 15.8. The summed E-state index contributed by atoms with van der Waals surface area (Å²) in [5, 5.41) is 36.0. The van der Waals surface area contributed by atoms with Gasteiger partial charge in [-0.1, -0.05) is 17.8 Å². The van der Waals surface area contributed by atoms with Crippen LogP contribution in [0.4, 0.5) is 11.4 Å². The molecule has 1 atom stereocenters. The maximum Gasteiger partial charge on any atom is 0.269 e. The van der Waals surface area contributed by atoms with E-state index in [1.165, 1.54) is 30.3 Å². The van der Waals surface area contributed by atoms with E-state index in [0.717, 1.165) is 11.8 Å². The van der Waals surface area contributed by atoms with Crippen molar-refractivity contribution in [3.63, 3.8) is 0 Å². The third-order valence-corrected chi connectivity index (χ3v) is 5.77. The second-order valence-corrected chi connectivity index (χ2v) is 7.95. The molecule has 0 aromatic heterocycles. The fraction of sp³-hybridized carbons (Fsp3) is 0.227. The Kier molecular flexibility index (Phi) is 7.53. The SMILES string of the molecule is CCOc1cc([C@@H]2CC(=O)NC(SCC(=O)Nc3ccc([N+](=O)[O-])cc3)=C2C#N)ccc1O. The van der Waals surface area contributed by atoms with Gasteiger partial charge in [-0.05, 0) is 36.8 Å². The number of amides is 2. The van der Waals surface area contributed by atoms with E-state index in [9.17, 15) is 30.1 Å². The van der Waals surface area contributed by atoms with Gasteiger partial charge < -0.3 is 20.5 Å². The predicted octanol–water partition coefficient (Wildman–Crippen LogP) is 3.41. The van der Waals surface area contributed by atoms with Crippen LogP contribution in [0.3, 0.4) is 0 Å². The van der Waals surface area contributed by atoms with Crippen molar-refractivity contribution in [1.29, 1.82) is 5.26 Å². The lowest BCUT2D eigenvalue weighted by atomic mass is 9.87. The van der Waals surface area contributed by atoms with Gasteiger partial charge in [-0.2, -0.15) is 5.26 Å². The van der Waals surface area contributed by atoms with Crippen LogP contribution in [-0.4, -0.2) is 34.2 Å². The molecule has 33 heavy (non-hydrogen) atoms. The number of anilines is 1. The molecule has 3 N–H and O–H groups in total. The van der Waals surface area contributed by atoms with Crippen LogP contribution in [0.2, 0.25) is 0 Å². The topological polar surface area (TPSA) is 155 Å². The molecule has 0 spiro atoms. The van der Waals surface area contributed by atoms with Crippen molar-refractivity contribution in [1.82, 2.24) is 5.32 Å². The van der Waals surface area contributed by atoms with Crippen LogP contribution >= 0.6 is 11.8 Å². The van der Waals surface area contributed by atoms with E-state index in [4.69, 9.17) is 4.74 Å². The highest BCUT2D eigenvalue weighted by Gasteiger charge is 2.30. The summed E-state index contributed by atoms with van der Waals surface area (Å²) in [6.45, 7) is 2.12. The van der Waals surface area contributed by atoms with Crippen molar-refractivity contribution in [2.45, 2.75) is 19.3 Å². The average Bonchev–Trinajstić information content (AvgIpc) is 2.79. The molecule has 170 valence electrons. The maximum absolute atomic E-state index is 12.3. The zero-order valence-corrected chi connectivity index (χ0v) is 18.3. The first kappa shape index (κ1) is 23.6. The summed E-state index contributed by atoms with van der Waals surface area (Å²) in [5.74, 6) is -1.13. The molecule has 0 fully saturated rings. The maximum atomic E-state index is 12.3. The van der Waals surface area contributed by atoms with Crippen molar-refractivity contribution in [2.24, 2.45) is 0 Å². The number of carbonyl (C=O) groups excluding carboxylic acids is 2. The largest absolute Gasteiger partial charge is 0.504 e. The third kappa shape index (κ3) is 5.81. The number of aromatic hydroxyl groups is 1. The molecule has 11 heteroatoms. The second-order valence-electron chi connectivity index (χ2n) is 6.96. The summed E-state index contributed by atoms with van der Waals surface area (Å²) in [4.78, 5) is 34.8. The smallest absolute Gasteiger partial charge is 0.269 e. The number of phenolic OH excluding ortho intramolecular Hbond substituents is 1. The number of nitrogens with one attached hydrogen (secondary N) is 2. The quantitative estimate of drug-likeness (QED) is 0.393. The van der Waals surface area contributed by atoms with Gasteiger partial charge >= 0.3 is 0 Å². The Hall–Kier alpha value is -4.04. The number of phenols is 1. The van der Waals surface area contributed by atoms with Crippen LogP contribution in [0.15, 0.2) is 53.1 Å². The minimum Gasteiger partial charge on any atom is -0.504 e. The number of nitriles is 1. The van der Waals surface area contributed by atoms with Crippen molar-refractivity contribution >= 4 is 35.0 Å². The third-order valence-electron chi connectivity index (χ3n) is 4.75. The van der Waals surface area contributed by atoms with Gasteiger partial charge in [-0.3, -0.25) is 19.7 Å². The lowest BCUT2D eigenvalue weighted by molar-refractivity contribution is -0.384. The van der Waals surface area contributed by atoms with Crippen molar-refractivity contribution in [3.05, 3.63) is 68.7 Å². The molecular weight excluding hydrogens is 448 g/mol. The molecule has 0 saturated carbocycles. The summed E-state index contributed by atoms with van der Waals surface area (Å²) in [7, 11) is 0. The van der Waals surface area contributed by atoms with E-state index in [2.05, 4.69) is 16.7 Å². The molecule has 3 rings (SSSR count). The minimum atomic E-state index is -0.552. The fourth-order valence-corrected chi connectivity index (χ4v) is 4.11. The number of benzene rings is 2. The van der Waals surface area contributed by atoms with Gasteiger partial charge in [0.2, 0.25) is 11.8 Å². The van der Waals surface area contributed by atoms with Crippen LogP contribution < -0.4 is 15.4 Å². The van der Waals surface area contributed by atoms with Gasteiger partial charge in [-0.25, -0.2) is 0 Å². The number of nitro benzene ring substituents is 1. The van der Waals surface area contributed by atoms with Gasteiger partial charge in [0.1, 0.15) is 0 Å². The van der Waals surface area contributed by atoms with Crippen LogP contribution in [0.5, 0.6) is 11.5 Å². The molecule has 1 heterocycles. The number of non-ortho nitro benzene ring substituents is 1. The summed E-state index contributed by atoms with van der Waals surface area (Å²) in [5.41, 5.74) is 1.23. The molecule has 0 radical (unpaired) electrons. The Morgan fingerprint density at radius 2 is 2.09 bits per heavy atom. The van der Waals surface area contributed by atoms with Crippen LogP contribution in [-0.2, 0) is 9.59 Å². The highest BCUT2D eigenvalue weighted by molar-refractivity contribution is 8.03. The second kappa shape index (κ2) is 10.5. The van der Waals surface area contributed by atoms with E-state index in [1.807, 2.05) is 0 Å². The lowest BCUT2D eigenvalue weighted by Crippen LogP contribution is -2.31. The molecule has 0 unspecified atom stereocenters. The van der Waals surface area contributed by atoms with Crippen LogP contribution in [0.1, 0.15) is 24.8 Å². The molecule has 2 amide bonds. The Bertz CT molecular complexity index is 1160. The Labute approximate surface area is 193 Å². The first-order valence-electron chi connectivity index (χ1n) is 9.89. The highest BCUT2D eigenvalue weighted by Crippen LogP contribution is 2.39. The van der Waals surface area contributed by atoms with Crippen molar-refractivity contribution < 1.29 is 24.4 Å². The summed E-state index contributed by atoms with van der Waals surface area (Å²) in [6.07, 6.45) is 0.0400. The van der Waals surface area contributed by atoms with Crippen molar-refractivity contribution in [2.75, 3.05) is 17.7 Å². The number of ether oxygens (including phenoxy) is 1. The molecule has 10 nitrogen and oxygen atoms in total. The highest BCUT2D eigenvalue weighted by atomic mass is 32.2. The fourth-order valence-electron chi connectivity index (χ4n) is 3.24. The predicted molar refractivity (Wildman–Crippen MR) is 122 cm³/mol. The van der Waals surface area contributed by atoms with Crippen molar-refractivity contribution in [3.8, 4) is 17.6 Å². The number of thioether (sulfide) groups is 1. The van der Waals surface area contributed by atoms with Gasteiger partial charge in [0.05, 0.1) is 34.0 Å². The van der Waals surface area contributed by atoms with Gasteiger partial charge in [0, 0.05) is 30.2 Å². The van der Waals surface area contributed by atoms with E-state index < -0.39 is 16.7 Å². The number of rotatable bonds is 8. The summed E-state index contributed by atoms with van der Waals surface area (Å²) >= 11 is 1.01. The minimum absolute atomic E-state index is 0.0400. The Morgan fingerprint density at radius 3 is 2.73 bits per heavy atom. The molecule has 0 bridgehead atoms. The summed E-state index contributed by atoms with van der Waals surface area (Å²) < 4.78 is 5.40. The molecular formula is C22H20N4O6S. The monoisotopic (exact) mass is 468 g/mol. The zero-order valence-electron chi connectivity index (χ0n) is 17.5. The number of hydrogen-bond donors (Lipinski definition) is 3. The standard InChI is InChI=1S/C22H20N4O6S/c1-2-32-19-9-13(3-8-18(19)27)16-10-20(28)25-22(17(16)11-23)33-12-21(29)24-14-4-6-15(7-5-14)26(30)31/h3-9,16,27H,2,10,12H2,1H3,(H,24,29)(H,25,28)/t16-/m0/s1. The molecule has 0 saturated heterocycles. The Balaban J connectivity index is 1.75. The van der Waals surface area contributed by atoms with Crippen LogP contribution in [0.25, 0.3) is 0 Å². The van der Waals surface area contributed by atoms with Gasteiger partial charge in [0.15, 0.2) is 11.5 Å². The molecule has 0 aliphatic carbocycles. The number of hydrogen-bond acceptors (Lipinski definition) is 8. The van der Waals surface area contributed by atoms with Gasteiger partial charge in [0.25, 0.3) is 5.69 Å². The molecule has 1 aliphatic heterocycles. The molecule has 1 aliphatic rings. The lowest BCUT2D eigenvalue weighted by Gasteiger charge is -2.25. The number of nitro groups is 1. The summed E-state index contributed by atoms with van der Waals surface area (Å²) in [6, 6.07) is 12.2. The number of carbonyl (C=O) groups is 2. The van der Waals surface area contributed by atoms with Crippen LogP contribution in [0, 0.1) is 21.4 Å². The van der Waals surface area contributed by atoms with Gasteiger partial charge in [-0.15, -0.1) is 0 Å². The van der Waals surface area contributed by atoms with E-state index in [1.54, 1.807) is 19.1 Å². The van der Waals surface area contributed by atoms with E-state index in [-0.39, 0.29) is 40.3 Å². The van der Waals surface area contributed by atoms with E-state index >= 15 is 0 Å².